The lowest BCUT2D eigenvalue weighted by molar-refractivity contribution is -0.148. The molecular formula is C14H25NO4. The van der Waals surface area contributed by atoms with Crippen LogP contribution in [0.3, 0.4) is 0 Å². The lowest BCUT2D eigenvalue weighted by Crippen LogP contribution is -2.38. The highest BCUT2D eigenvalue weighted by molar-refractivity contribution is 5.73. The van der Waals surface area contributed by atoms with E-state index in [1.165, 1.54) is 7.11 Å². The molecule has 1 fully saturated rings. The maximum Gasteiger partial charge on any atom is 0.309 e. The molecule has 1 saturated carbocycles. The number of methoxy groups -OCH3 is 1. The molecule has 0 bridgehead atoms. The smallest absolute Gasteiger partial charge is 0.309 e. The van der Waals surface area contributed by atoms with E-state index in [0.29, 0.717) is 19.0 Å². The van der Waals surface area contributed by atoms with Crippen LogP contribution in [-0.4, -0.2) is 36.7 Å². The monoisotopic (exact) mass is 271 g/mol. The van der Waals surface area contributed by atoms with Gasteiger partial charge in [0.05, 0.1) is 18.4 Å². The van der Waals surface area contributed by atoms with Gasteiger partial charge in [-0.05, 0) is 52.5 Å². The Morgan fingerprint density at radius 2 is 1.84 bits per heavy atom. The van der Waals surface area contributed by atoms with Crippen LogP contribution in [0.15, 0.2) is 0 Å². The molecular weight excluding hydrogens is 246 g/mol. The highest BCUT2D eigenvalue weighted by Crippen LogP contribution is 2.26. The van der Waals surface area contributed by atoms with Crippen molar-refractivity contribution < 1.29 is 19.4 Å². The zero-order chi connectivity index (χ0) is 14.5. The summed E-state index contributed by atoms with van der Waals surface area (Å²) in [6, 6.07) is 0.394. The summed E-state index contributed by atoms with van der Waals surface area (Å²) in [6.45, 7) is 4.18. The van der Waals surface area contributed by atoms with Crippen LogP contribution >= 0.6 is 0 Å². The largest absolute Gasteiger partial charge is 0.481 e. The van der Waals surface area contributed by atoms with Crippen molar-refractivity contribution in [3.05, 3.63) is 0 Å². The fourth-order valence-electron chi connectivity index (χ4n) is 2.40. The first-order chi connectivity index (χ1) is 8.86. The summed E-state index contributed by atoms with van der Waals surface area (Å²) in [6.07, 6.45) is 4.22. The van der Waals surface area contributed by atoms with Crippen molar-refractivity contribution >= 4 is 11.9 Å². The van der Waals surface area contributed by atoms with Crippen LogP contribution in [0.2, 0.25) is 0 Å². The average molecular weight is 271 g/mol. The Morgan fingerprint density at radius 3 is 2.32 bits per heavy atom. The van der Waals surface area contributed by atoms with E-state index in [-0.39, 0.29) is 11.9 Å². The van der Waals surface area contributed by atoms with Gasteiger partial charge in [-0.3, -0.25) is 9.59 Å². The second kappa shape index (κ2) is 6.89. The number of carbonyl (C=O) groups excluding carboxylic acids is 1. The molecule has 0 atom stereocenters. The van der Waals surface area contributed by atoms with Gasteiger partial charge in [0.1, 0.15) is 0 Å². The van der Waals surface area contributed by atoms with E-state index in [2.05, 4.69) is 5.32 Å². The Labute approximate surface area is 114 Å². The third-order valence-electron chi connectivity index (χ3n) is 4.02. The van der Waals surface area contributed by atoms with E-state index in [0.717, 1.165) is 25.7 Å². The minimum atomic E-state index is -0.760. The molecule has 0 aromatic heterocycles. The molecule has 0 spiro atoms. The second-order valence-corrected chi connectivity index (χ2v) is 5.96. The molecule has 1 aliphatic rings. The van der Waals surface area contributed by atoms with Crippen molar-refractivity contribution in [3.63, 3.8) is 0 Å². The molecule has 2 N–H and O–H groups in total. The van der Waals surface area contributed by atoms with Crippen molar-refractivity contribution in [2.75, 3.05) is 13.7 Å². The molecule has 1 rings (SSSR count). The number of aliphatic carboxylic acids is 1. The zero-order valence-electron chi connectivity index (χ0n) is 12.1. The predicted octanol–water partition coefficient (Wildman–Crippen LogP) is 1.81. The predicted molar refractivity (Wildman–Crippen MR) is 71.8 cm³/mol. The number of hydrogen-bond donors (Lipinski definition) is 2. The topological polar surface area (TPSA) is 75.6 Å². The average Bonchev–Trinajstić information content (AvgIpc) is 2.38. The van der Waals surface area contributed by atoms with Crippen molar-refractivity contribution in [3.8, 4) is 0 Å². The van der Waals surface area contributed by atoms with Crippen molar-refractivity contribution in [2.45, 2.75) is 52.0 Å². The molecule has 0 unspecified atom stereocenters. The van der Waals surface area contributed by atoms with Gasteiger partial charge >= 0.3 is 11.9 Å². The van der Waals surface area contributed by atoms with Crippen LogP contribution in [0, 0.1) is 11.3 Å². The van der Waals surface area contributed by atoms with E-state index in [9.17, 15) is 9.59 Å². The van der Waals surface area contributed by atoms with E-state index in [4.69, 9.17) is 9.84 Å². The van der Waals surface area contributed by atoms with Crippen LogP contribution < -0.4 is 5.32 Å². The Kier molecular flexibility index (Phi) is 5.79. The van der Waals surface area contributed by atoms with Crippen LogP contribution in [0.1, 0.15) is 46.0 Å². The number of rotatable bonds is 6. The summed E-state index contributed by atoms with van der Waals surface area (Å²) < 4.78 is 4.75. The number of nitrogens with one attached hydrogen (secondary N) is 1. The molecule has 0 amide bonds. The second-order valence-electron chi connectivity index (χ2n) is 5.96. The van der Waals surface area contributed by atoms with Crippen LogP contribution in [0.4, 0.5) is 0 Å². The summed E-state index contributed by atoms with van der Waals surface area (Å²) in [5, 5.41) is 12.4. The maximum absolute atomic E-state index is 11.4. The van der Waals surface area contributed by atoms with E-state index in [1.54, 1.807) is 13.8 Å². The lowest BCUT2D eigenvalue weighted by Gasteiger charge is -2.28. The Hall–Kier alpha value is -1.10. The van der Waals surface area contributed by atoms with E-state index < -0.39 is 11.4 Å². The Bertz CT molecular complexity index is 319. The highest BCUT2D eigenvalue weighted by atomic mass is 16.5. The van der Waals surface area contributed by atoms with Gasteiger partial charge in [-0.25, -0.2) is 0 Å². The van der Waals surface area contributed by atoms with Crippen molar-refractivity contribution in [2.24, 2.45) is 11.3 Å². The standard InChI is InChI=1S/C14H25NO4/c1-14(2,13(17)18)8-9-15-11-6-4-10(5-7-11)12(16)19-3/h10-11,15H,4-9H2,1-3H3,(H,17,18). The molecule has 5 nitrogen and oxygen atoms in total. The van der Waals surface area contributed by atoms with E-state index in [1.807, 2.05) is 0 Å². The van der Waals surface area contributed by atoms with Crippen molar-refractivity contribution in [1.82, 2.24) is 5.32 Å². The highest BCUT2D eigenvalue weighted by Gasteiger charge is 2.29. The number of carboxylic acid groups (broad SMARTS) is 1. The summed E-state index contributed by atoms with van der Waals surface area (Å²) in [5.41, 5.74) is -0.684. The molecule has 110 valence electrons. The van der Waals surface area contributed by atoms with Gasteiger partial charge < -0.3 is 15.2 Å². The van der Waals surface area contributed by atoms with Gasteiger partial charge in [-0.2, -0.15) is 0 Å². The van der Waals surface area contributed by atoms with Crippen LogP contribution in [0.5, 0.6) is 0 Å². The quantitative estimate of drug-likeness (QED) is 0.721. The molecule has 5 heteroatoms. The minimum Gasteiger partial charge on any atom is -0.481 e. The van der Waals surface area contributed by atoms with Gasteiger partial charge in [0.25, 0.3) is 0 Å². The maximum atomic E-state index is 11.4. The van der Waals surface area contributed by atoms with Gasteiger partial charge in [0, 0.05) is 6.04 Å². The lowest BCUT2D eigenvalue weighted by atomic mass is 9.85. The minimum absolute atomic E-state index is 0.0403. The normalized spacial score (nSPS) is 23.9. The van der Waals surface area contributed by atoms with E-state index >= 15 is 0 Å². The first-order valence-corrected chi connectivity index (χ1v) is 6.91. The molecule has 0 aliphatic heterocycles. The number of carboxylic acids is 1. The number of ether oxygens (including phenoxy) is 1. The fourth-order valence-corrected chi connectivity index (χ4v) is 2.40. The van der Waals surface area contributed by atoms with Crippen molar-refractivity contribution in [1.29, 1.82) is 0 Å². The summed E-state index contributed by atoms with van der Waals surface area (Å²) >= 11 is 0. The third kappa shape index (κ3) is 4.82. The molecule has 0 aromatic rings. The number of esters is 1. The van der Waals surface area contributed by atoms with Gasteiger partial charge in [0.2, 0.25) is 0 Å². The molecule has 19 heavy (non-hydrogen) atoms. The fraction of sp³-hybridized carbons (Fsp3) is 0.857. The summed E-state index contributed by atoms with van der Waals surface area (Å²) in [4.78, 5) is 22.4. The van der Waals surface area contributed by atoms with Crippen LogP contribution in [-0.2, 0) is 14.3 Å². The summed E-state index contributed by atoms with van der Waals surface area (Å²) in [5.74, 6) is -0.826. The summed E-state index contributed by atoms with van der Waals surface area (Å²) in [7, 11) is 1.43. The molecule has 0 aromatic carbocycles. The third-order valence-corrected chi connectivity index (χ3v) is 4.02. The van der Waals surface area contributed by atoms with Crippen LogP contribution in [0.25, 0.3) is 0 Å². The molecule has 0 saturated heterocycles. The Balaban J connectivity index is 2.23. The first kappa shape index (κ1) is 16.0. The van der Waals surface area contributed by atoms with Gasteiger partial charge in [0.15, 0.2) is 0 Å². The number of hydrogen-bond acceptors (Lipinski definition) is 4. The zero-order valence-corrected chi connectivity index (χ0v) is 12.1. The SMILES string of the molecule is COC(=O)C1CCC(NCCC(C)(C)C(=O)O)CC1. The van der Waals surface area contributed by atoms with Gasteiger partial charge in [-0.15, -0.1) is 0 Å². The molecule has 0 heterocycles. The molecule has 0 radical (unpaired) electrons. The molecule has 1 aliphatic carbocycles. The van der Waals surface area contributed by atoms with Gasteiger partial charge in [-0.1, -0.05) is 0 Å². The number of carbonyl (C=O) groups is 2. The first-order valence-electron chi connectivity index (χ1n) is 6.91. The Morgan fingerprint density at radius 1 is 1.26 bits per heavy atom.